The number of rotatable bonds is 0. The largest absolute Gasteiger partial charge is 0.397 e. The molecular formula is C7H11OTl. The van der Waals surface area contributed by atoms with Crippen LogP contribution in [0.15, 0.2) is 21.9 Å². The van der Waals surface area contributed by atoms with Crippen molar-refractivity contribution in [2.75, 3.05) is 6.61 Å². The third kappa shape index (κ3) is 8.23. The maximum Gasteiger partial charge on any atom is 0.0402 e. The van der Waals surface area contributed by atoms with E-state index in [1.54, 1.807) is 6.92 Å². The van der Waals surface area contributed by atoms with Gasteiger partial charge in [0.2, 0.25) is 0 Å². The number of hydrogen-bond donors (Lipinski definition) is 1. The molecule has 0 bridgehead atoms. The topological polar surface area (TPSA) is 20.2 Å². The van der Waals surface area contributed by atoms with Crippen LogP contribution in [0, 0.1) is 0 Å². The molecule has 1 rings (SSSR count). The van der Waals surface area contributed by atoms with Gasteiger partial charge in [0.05, 0.1) is 0 Å². The van der Waals surface area contributed by atoms with Crippen molar-refractivity contribution in [1.29, 1.82) is 0 Å². The first-order chi connectivity index (χ1) is 4.41. The van der Waals surface area contributed by atoms with Crippen molar-refractivity contribution >= 4 is 27.3 Å². The fraction of sp³-hybridized carbons (Fsp3) is 0.286. The first-order valence-electron chi connectivity index (χ1n) is 3.02. The van der Waals surface area contributed by atoms with E-state index in [1.807, 2.05) is 0 Å². The van der Waals surface area contributed by atoms with Crippen LogP contribution in [0.4, 0.5) is 0 Å². The maximum absolute atomic E-state index is 7.57. The Morgan fingerprint density at radius 3 is 2.11 bits per heavy atom. The van der Waals surface area contributed by atoms with Crippen LogP contribution in [0.5, 0.6) is 0 Å². The summed E-state index contributed by atoms with van der Waals surface area (Å²) in [6.07, 6.45) is 6.38. The monoisotopic (exact) mass is 316 g/mol. The molecule has 1 aliphatic rings. The predicted octanol–water partition coefficient (Wildman–Crippen LogP) is 0.575. The molecule has 48 valence electrons. The van der Waals surface area contributed by atoms with Crippen molar-refractivity contribution in [3.8, 4) is 0 Å². The van der Waals surface area contributed by atoms with E-state index in [4.69, 9.17) is 5.11 Å². The quantitative estimate of drug-likeness (QED) is 0.648. The Labute approximate surface area is 67.8 Å². The molecular weight excluding hydrogens is 304 g/mol. The van der Waals surface area contributed by atoms with E-state index in [0.717, 1.165) is 0 Å². The summed E-state index contributed by atoms with van der Waals surface area (Å²) >= 11 is -0.380. The van der Waals surface area contributed by atoms with E-state index < -0.39 is 0 Å². The summed E-state index contributed by atoms with van der Waals surface area (Å²) in [6.45, 7) is 1.93. The Balaban J connectivity index is 0.000000187. The second-order valence-electron chi connectivity index (χ2n) is 1.47. The zero-order valence-corrected chi connectivity index (χ0v) is 10.1. The molecule has 0 aromatic carbocycles. The minimum Gasteiger partial charge on any atom is -0.397 e. The molecule has 0 saturated carbocycles. The molecule has 0 radical (unpaired) electrons. The average Bonchev–Trinajstić information content (AvgIpc) is 1.93. The van der Waals surface area contributed by atoms with Crippen LogP contribution in [0.3, 0.4) is 0 Å². The fourth-order valence-corrected chi connectivity index (χ4v) is 2.88. The molecule has 0 unspecified atom stereocenters. The van der Waals surface area contributed by atoms with E-state index >= 15 is 0 Å². The number of allylic oxidation sites excluding steroid dienone is 3. The zero-order valence-electron chi connectivity index (χ0n) is 5.62. The smallest absolute Gasteiger partial charge is 0.0402 e. The summed E-state index contributed by atoms with van der Waals surface area (Å²) < 4.78 is 4.67. The van der Waals surface area contributed by atoms with Crippen molar-refractivity contribution in [2.24, 2.45) is 0 Å². The van der Waals surface area contributed by atoms with Gasteiger partial charge in [-0.25, -0.2) is 0 Å². The molecule has 1 nitrogen and oxygen atoms in total. The summed E-state index contributed by atoms with van der Waals surface area (Å²) in [7, 11) is 0. The Bertz CT molecular complexity index is 89.1. The van der Waals surface area contributed by atoms with Crippen LogP contribution in [0.1, 0.15) is 6.92 Å². The Morgan fingerprint density at radius 1 is 1.33 bits per heavy atom. The first kappa shape index (κ1) is 9.23. The van der Waals surface area contributed by atoms with Gasteiger partial charge in [-0.3, -0.25) is 0 Å². The van der Waals surface area contributed by atoms with Crippen LogP contribution in [0.2, 0.25) is 0 Å². The maximum atomic E-state index is 7.57. The molecule has 2 heteroatoms. The van der Waals surface area contributed by atoms with Crippen LogP contribution in [0.25, 0.3) is 0 Å². The normalized spacial score (nSPS) is 11.8. The predicted molar refractivity (Wildman–Crippen MR) is 42.9 cm³/mol. The minimum atomic E-state index is -0.380. The van der Waals surface area contributed by atoms with Crippen LogP contribution in [-0.4, -0.2) is 39.0 Å². The zero-order chi connectivity index (χ0) is 6.95. The Kier molecular flexibility index (Phi) is 8.44. The number of aliphatic hydroxyl groups is 1. The van der Waals surface area contributed by atoms with E-state index in [0.29, 0.717) is 0 Å². The summed E-state index contributed by atoms with van der Waals surface area (Å²) in [5.41, 5.74) is 0. The van der Waals surface area contributed by atoms with Crippen molar-refractivity contribution in [3.63, 3.8) is 0 Å². The molecule has 1 heterocycles. The molecule has 0 aromatic rings. The summed E-state index contributed by atoms with van der Waals surface area (Å²) in [5.74, 6) is 0. The van der Waals surface area contributed by atoms with E-state index in [1.165, 1.54) is 0 Å². The Morgan fingerprint density at radius 2 is 2.00 bits per heavy atom. The summed E-state index contributed by atoms with van der Waals surface area (Å²) in [5, 5.41) is 7.57. The van der Waals surface area contributed by atoms with Gasteiger partial charge in [-0.1, -0.05) is 0 Å². The molecule has 0 atom stereocenters. The van der Waals surface area contributed by atoms with Gasteiger partial charge in [0.15, 0.2) is 0 Å². The summed E-state index contributed by atoms with van der Waals surface area (Å²) in [6, 6.07) is 0. The van der Waals surface area contributed by atoms with Gasteiger partial charge in [-0.15, -0.1) is 0 Å². The van der Waals surface area contributed by atoms with Crippen LogP contribution >= 0.6 is 0 Å². The number of aliphatic hydroxyl groups excluding tert-OH is 1. The van der Waals surface area contributed by atoms with Gasteiger partial charge in [0.1, 0.15) is 0 Å². The molecule has 0 aromatic heterocycles. The summed E-state index contributed by atoms with van der Waals surface area (Å²) in [4.78, 5) is 0. The van der Waals surface area contributed by atoms with Crippen molar-refractivity contribution in [1.82, 2.24) is 0 Å². The third-order valence-corrected chi connectivity index (χ3v) is 4.12. The SMILES string of the molecule is C1=C[CH]=[Tl][CH]=C1.CCO. The van der Waals surface area contributed by atoms with Gasteiger partial charge >= 0.3 is 49.2 Å². The van der Waals surface area contributed by atoms with E-state index in [-0.39, 0.29) is 30.4 Å². The van der Waals surface area contributed by atoms with Gasteiger partial charge < -0.3 is 5.11 Å². The number of hydrogen-bond acceptors (Lipinski definition) is 1. The Hall–Kier alpha value is 0.232. The van der Waals surface area contributed by atoms with Gasteiger partial charge in [-0.2, -0.15) is 0 Å². The van der Waals surface area contributed by atoms with E-state index in [2.05, 4.69) is 25.4 Å². The molecule has 0 aliphatic carbocycles. The first-order valence-corrected chi connectivity index (χ1v) is 8.21. The van der Waals surface area contributed by atoms with Crippen molar-refractivity contribution in [2.45, 2.75) is 6.92 Å². The van der Waals surface area contributed by atoms with Gasteiger partial charge in [0.25, 0.3) is 0 Å². The second kappa shape index (κ2) is 8.23. The molecule has 0 fully saturated rings. The van der Waals surface area contributed by atoms with E-state index in [9.17, 15) is 0 Å². The molecule has 0 spiro atoms. The standard InChI is InChI=1S/C5H5.C2H6O.Tl/c1-3-5-4-2;1-2-3;/h1-5H;3H,2H2,1H3;. The van der Waals surface area contributed by atoms with Crippen molar-refractivity contribution < 1.29 is 5.11 Å². The fourth-order valence-electron chi connectivity index (χ4n) is 0.385. The van der Waals surface area contributed by atoms with Crippen LogP contribution < -0.4 is 0 Å². The molecule has 1 N–H and O–H groups in total. The molecule has 0 saturated heterocycles. The van der Waals surface area contributed by atoms with Gasteiger partial charge in [-0.05, 0) is 6.92 Å². The minimum absolute atomic E-state index is 0.250. The third-order valence-electron chi connectivity index (χ3n) is 0.667. The second-order valence-corrected chi connectivity index (χ2v) is 5.96. The molecule has 0 amide bonds. The van der Waals surface area contributed by atoms with Crippen LogP contribution in [-0.2, 0) is 0 Å². The average molecular weight is 316 g/mol. The molecule has 9 heavy (non-hydrogen) atoms. The van der Waals surface area contributed by atoms with Gasteiger partial charge in [0, 0.05) is 6.61 Å². The van der Waals surface area contributed by atoms with Crippen molar-refractivity contribution in [3.05, 3.63) is 21.9 Å². The molecule has 1 aliphatic heterocycles.